The number of fused-ring (bicyclic) bond motifs is 1. The zero-order valence-corrected chi connectivity index (χ0v) is 14.2. The highest BCUT2D eigenvalue weighted by atomic mass is 32.1. The van der Waals surface area contributed by atoms with Crippen LogP contribution in [0.4, 0.5) is 5.69 Å². The first-order chi connectivity index (χ1) is 11.0. The minimum absolute atomic E-state index is 0.0895. The van der Waals surface area contributed by atoms with Gasteiger partial charge in [-0.15, -0.1) is 11.3 Å². The van der Waals surface area contributed by atoms with Gasteiger partial charge in [-0.3, -0.25) is 4.79 Å². The molecular weight excluding hydrogens is 312 g/mol. The Morgan fingerprint density at radius 3 is 2.78 bits per heavy atom. The molecule has 3 rings (SSSR count). The summed E-state index contributed by atoms with van der Waals surface area (Å²) in [6, 6.07) is 3.50. The second-order valence-electron chi connectivity index (χ2n) is 5.37. The first-order valence-corrected chi connectivity index (χ1v) is 8.07. The van der Waals surface area contributed by atoms with Gasteiger partial charge in [0, 0.05) is 10.9 Å². The fourth-order valence-electron chi connectivity index (χ4n) is 2.38. The molecule has 2 N–H and O–H groups in total. The highest BCUT2D eigenvalue weighted by Gasteiger charge is 2.15. The maximum atomic E-state index is 12.3. The van der Waals surface area contributed by atoms with Crippen LogP contribution >= 0.6 is 11.3 Å². The quantitative estimate of drug-likeness (QED) is 0.768. The van der Waals surface area contributed by atoms with E-state index in [2.05, 4.69) is 20.3 Å². The summed E-state index contributed by atoms with van der Waals surface area (Å²) in [5, 5.41) is 3.97. The number of ether oxygens (including phenoxy) is 1. The molecule has 1 unspecified atom stereocenters. The van der Waals surface area contributed by atoms with Crippen molar-refractivity contribution in [3.63, 3.8) is 0 Å². The first kappa shape index (κ1) is 15.5. The number of hydrogen-bond donors (Lipinski definition) is 2. The van der Waals surface area contributed by atoms with Crippen molar-refractivity contribution in [2.75, 3.05) is 12.4 Å². The van der Waals surface area contributed by atoms with E-state index in [1.807, 2.05) is 26.8 Å². The SMILES string of the molecule is COc1ccc(NC(C)c2nc3sc(C)c(C)c3c(=O)[nH]2)cn1. The number of thiophene rings is 1. The molecule has 0 aromatic carbocycles. The number of pyridine rings is 1. The molecule has 0 saturated carbocycles. The summed E-state index contributed by atoms with van der Waals surface area (Å²) < 4.78 is 5.04. The standard InChI is InChI=1S/C16H18N4O2S/c1-8-10(3)23-16-13(8)15(21)19-14(20-16)9(2)18-11-5-6-12(22-4)17-7-11/h5-7,9,18H,1-4H3,(H,19,20,21). The third kappa shape index (κ3) is 2.92. The normalized spacial score (nSPS) is 12.3. The number of H-pyrrole nitrogens is 1. The van der Waals surface area contributed by atoms with E-state index in [9.17, 15) is 4.79 Å². The van der Waals surface area contributed by atoms with Crippen molar-refractivity contribution in [3.8, 4) is 5.88 Å². The fraction of sp³-hybridized carbons (Fsp3) is 0.312. The Morgan fingerprint density at radius 1 is 1.35 bits per heavy atom. The summed E-state index contributed by atoms with van der Waals surface area (Å²) in [5.74, 6) is 1.17. The number of hydrogen-bond acceptors (Lipinski definition) is 6. The van der Waals surface area contributed by atoms with Crippen molar-refractivity contribution >= 4 is 27.2 Å². The van der Waals surface area contributed by atoms with Gasteiger partial charge in [0.25, 0.3) is 5.56 Å². The van der Waals surface area contributed by atoms with Crippen molar-refractivity contribution in [2.45, 2.75) is 26.8 Å². The molecule has 0 amide bonds. The predicted molar refractivity (Wildman–Crippen MR) is 92.5 cm³/mol. The molecule has 6 nitrogen and oxygen atoms in total. The second kappa shape index (κ2) is 6.00. The van der Waals surface area contributed by atoms with E-state index in [4.69, 9.17) is 4.74 Å². The maximum absolute atomic E-state index is 12.3. The lowest BCUT2D eigenvalue weighted by molar-refractivity contribution is 0.398. The zero-order chi connectivity index (χ0) is 16.6. The lowest BCUT2D eigenvalue weighted by Crippen LogP contribution is -2.17. The van der Waals surface area contributed by atoms with Crippen LogP contribution in [0.15, 0.2) is 23.1 Å². The number of rotatable bonds is 4. The van der Waals surface area contributed by atoms with Gasteiger partial charge in [0.05, 0.1) is 30.4 Å². The van der Waals surface area contributed by atoms with Crippen LogP contribution in [-0.4, -0.2) is 22.1 Å². The smallest absolute Gasteiger partial charge is 0.259 e. The molecule has 0 spiro atoms. The molecule has 0 saturated heterocycles. The fourth-order valence-corrected chi connectivity index (χ4v) is 3.42. The summed E-state index contributed by atoms with van der Waals surface area (Å²) in [6.07, 6.45) is 1.69. The number of aromatic amines is 1. The van der Waals surface area contributed by atoms with Crippen LogP contribution in [0.5, 0.6) is 5.88 Å². The van der Waals surface area contributed by atoms with E-state index >= 15 is 0 Å². The van der Waals surface area contributed by atoms with Crippen LogP contribution in [0, 0.1) is 13.8 Å². The van der Waals surface area contributed by atoms with Crippen LogP contribution < -0.4 is 15.6 Å². The number of anilines is 1. The van der Waals surface area contributed by atoms with Gasteiger partial charge in [0.15, 0.2) is 0 Å². The van der Waals surface area contributed by atoms with Crippen LogP contribution in [0.3, 0.4) is 0 Å². The Balaban J connectivity index is 1.91. The molecule has 3 aromatic heterocycles. The van der Waals surface area contributed by atoms with Gasteiger partial charge in [-0.25, -0.2) is 9.97 Å². The van der Waals surface area contributed by atoms with E-state index in [1.54, 1.807) is 30.7 Å². The van der Waals surface area contributed by atoms with Crippen molar-refractivity contribution in [2.24, 2.45) is 0 Å². The highest BCUT2D eigenvalue weighted by Crippen LogP contribution is 2.27. The summed E-state index contributed by atoms with van der Waals surface area (Å²) >= 11 is 1.55. The van der Waals surface area contributed by atoms with Gasteiger partial charge < -0.3 is 15.0 Å². The van der Waals surface area contributed by atoms with Crippen LogP contribution in [-0.2, 0) is 0 Å². The molecular formula is C16H18N4O2S. The Labute approximate surface area is 137 Å². The number of methoxy groups -OCH3 is 1. The molecule has 0 fully saturated rings. The largest absolute Gasteiger partial charge is 0.481 e. The number of nitrogens with one attached hydrogen (secondary N) is 2. The van der Waals surface area contributed by atoms with Crippen molar-refractivity contribution < 1.29 is 4.74 Å². The van der Waals surface area contributed by atoms with Crippen molar-refractivity contribution in [1.82, 2.24) is 15.0 Å². The van der Waals surface area contributed by atoms with Crippen LogP contribution in [0.1, 0.15) is 29.2 Å². The second-order valence-corrected chi connectivity index (χ2v) is 6.57. The first-order valence-electron chi connectivity index (χ1n) is 7.26. The van der Waals surface area contributed by atoms with E-state index in [-0.39, 0.29) is 11.6 Å². The minimum atomic E-state index is -0.148. The molecule has 0 radical (unpaired) electrons. The number of nitrogens with zero attached hydrogens (tertiary/aromatic N) is 2. The predicted octanol–water partition coefficient (Wildman–Crippen LogP) is 3.18. The van der Waals surface area contributed by atoms with Gasteiger partial charge in [0.1, 0.15) is 10.7 Å². The average Bonchev–Trinajstić information content (AvgIpc) is 2.83. The Kier molecular flexibility index (Phi) is 4.04. The minimum Gasteiger partial charge on any atom is -0.481 e. The van der Waals surface area contributed by atoms with Gasteiger partial charge in [-0.05, 0) is 32.4 Å². The topological polar surface area (TPSA) is 79.9 Å². The third-order valence-corrected chi connectivity index (χ3v) is 4.90. The monoisotopic (exact) mass is 330 g/mol. The Hall–Kier alpha value is -2.41. The van der Waals surface area contributed by atoms with Crippen molar-refractivity contribution in [1.29, 1.82) is 0 Å². The maximum Gasteiger partial charge on any atom is 0.259 e. The Bertz CT molecular complexity index is 899. The lowest BCUT2D eigenvalue weighted by atomic mass is 10.2. The zero-order valence-electron chi connectivity index (χ0n) is 13.4. The molecule has 1 atom stereocenters. The Morgan fingerprint density at radius 2 is 2.13 bits per heavy atom. The van der Waals surface area contributed by atoms with Gasteiger partial charge in [-0.1, -0.05) is 0 Å². The molecule has 0 aliphatic heterocycles. The number of aromatic nitrogens is 3. The molecule has 0 aliphatic carbocycles. The van der Waals surface area contributed by atoms with Crippen LogP contribution in [0.2, 0.25) is 0 Å². The number of aryl methyl sites for hydroxylation is 2. The summed E-state index contributed by atoms with van der Waals surface area (Å²) in [6.45, 7) is 5.91. The average molecular weight is 330 g/mol. The third-order valence-electron chi connectivity index (χ3n) is 3.80. The molecule has 3 heterocycles. The van der Waals surface area contributed by atoms with E-state index < -0.39 is 0 Å². The van der Waals surface area contributed by atoms with Crippen molar-refractivity contribution in [3.05, 3.63) is 44.9 Å². The molecule has 3 aromatic rings. The summed E-state index contributed by atoms with van der Waals surface area (Å²) in [4.78, 5) is 25.9. The van der Waals surface area contributed by atoms with Gasteiger partial charge >= 0.3 is 0 Å². The summed E-state index contributed by atoms with van der Waals surface area (Å²) in [7, 11) is 1.58. The molecule has 7 heteroatoms. The van der Waals surface area contributed by atoms with E-state index in [0.717, 1.165) is 21.0 Å². The lowest BCUT2D eigenvalue weighted by Gasteiger charge is -2.14. The molecule has 23 heavy (non-hydrogen) atoms. The molecule has 0 bridgehead atoms. The summed E-state index contributed by atoms with van der Waals surface area (Å²) in [5.41, 5.74) is 1.75. The van der Waals surface area contributed by atoms with Gasteiger partial charge in [-0.2, -0.15) is 0 Å². The van der Waals surface area contributed by atoms with Crippen LogP contribution in [0.25, 0.3) is 10.2 Å². The van der Waals surface area contributed by atoms with E-state index in [0.29, 0.717) is 17.1 Å². The van der Waals surface area contributed by atoms with E-state index in [1.165, 1.54) is 0 Å². The van der Waals surface area contributed by atoms with Gasteiger partial charge in [0.2, 0.25) is 5.88 Å². The molecule has 120 valence electrons. The highest BCUT2D eigenvalue weighted by molar-refractivity contribution is 7.18. The molecule has 0 aliphatic rings.